The highest BCUT2D eigenvalue weighted by atomic mass is 35.5. The first-order valence-electron chi connectivity index (χ1n) is 7.99. The first kappa shape index (κ1) is 21.8. The molecule has 2 rings (SSSR count). The van der Waals surface area contributed by atoms with Gasteiger partial charge in [0.2, 0.25) is 0 Å². The van der Waals surface area contributed by atoms with Crippen LogP contribution in [-0.4, -0.2) is 35.5 Å². The largest absolute Gasteiger partial charge is 0.658 e. The highest BCUT2D eigenvalue weighted by Crippen LogP contribution is 2.26. The van der Waals surface area contributed by atoms with E-state index in [0.717, 1.165) is 11.1 Å². The van der Waals surface area contributed by atoms with Gasteiger partial charge in [-0.1, -0.05) is 23.2 Å². The van der Waals surface area contributed by atoms with E-state index in [-0.39, 0.29) is 26.8 Å². The second-order valence-electron chi connectivity index (χ2n) is 5.35. The van der Waals surface area contributed by atoms with Crippen molar-refractivity contribution in [2.75, 3.05) is 27.8 Å². The first-order valence-corrected chi connectivity index (χ1v) is 8.75. The summed E-state index contributed by atoms with van der Waals surface area (Å²) in [6.07, 6.45) is 0. The van der Waals surface area contributed by atoms with Crippen LogP contribution in [0.4, 0.5) is 0 Å². The highest BCUT2D eigenvalue weighted by molar-refractivity contribution is 6.31. The molecule has 0 bridgehead atoms. The zero-order valence-corrected chi connectivity index (χ0v) is 16.6. The van der Waals surface area contributed by atoms with Crippen molar-refractivity contribution in [3.05, 3.63) is 57.6 Å². The molecule has 0 atom stereocenters. The Morgan fingerprint density at radius 1 is 0.741 bits per heavy atom. The summed E-state index contributed by atoms with van der Waals surface area (Å²) in [6.45, 7) is 0.910. The summed E-state index contributed by atoms with van der Waals surface area (Å²) in [5, 5.41) is 1.16. The Kier molecular flexibility index (Phi) is 9.76. The van der Waals surface area contributed by atoms with Crippen molar-refractivity contribution >= 4 is 30.9 Å². The van der Waals surface area contributed by atoms with E-state index in [0.29, 0.717) is 21.5 Å². The Hall–Kier alpha value is -1.48. The van der Waals surface area contributed by atoms with Gasteiger partial charge in [0.25, 0.3) is 0 Å². The maximum absolute atomic E-state index is 6.04. The molecule has 0 aliphatic carbocycles. The molecular formula is C18H20BCl2O6. The molecule has 2 aromatic carbocycles. The first-order chi connectivity index (χ1) is 13.1. The number of benzene rings is 2. The molecule has 9 heteroatoms. The van der Waals surface area contributed by atoms with Crippen molar-refractivity contribution in [3.8, 4) is 11.5 Å². The third kappa shape index (κ3) is 7.58. The summed E-state index contributed by atoms with van der Waals surface area (Å²) in [6, 6.07) is 10.4. The van der Waals surface area contributed by atoms with Gasteiger partial charge in [-0.3, -0.25) is 0 Å². The topological polar surface area (TPSA) is 55.4 Å². The molecule has 145 valence electrons. The van der Waals surface area contributed by atoms with Crippen molar-refractivity contribution in [2.24, 2.45) is 0 Å². The quantitative estimate of drug-likeness (QED) is 0.295. The van der Waals surface area contributed by atoms with E-state index in [1.54, 1.807) is 50.6 Å². The predicted octanol–water partition coefficient (Wildman–Crippen LogP) is 4.23. The van der Waals surface area contributed by atoms with Crippen LogP contribution in [0.15, 0.2) is 36.4 Å². The number of halogens is 2. The summed E-state index contributed by atoms with van der Waals surface area (Å²) < 4.78 is 31.7. The molecule has 6 nitrogen and oxygen atoms in total. The molecule has 0 saturated heterocycles. The van der Waals surface area contributed by atoms with Crippen LogP contribution in [0.25, 0.3) is 0 Å². The third-order valence-electron chi connectivity index (χ3n) is 3.31. The zero-order chi connectivity index (χ0) is 19.5. The molecule has 0 N–H and O–H groups in total. The fourth-order valence-electron chi connectivity index (χ4n) is 2.15. The van der Waals surface area contributed by atoms with Crippen LogP contribution in [0, 0.1) is 0 Å². The SMILES string of the molecule is COCOCc1cc(Cl)ccc1O[B]Oc1ccc(Cl)cc1COCOC. The molecule has 0 aromatic heterocycles. The molecule has 1 radical (unpaired) electrons. The van der Waals surface area contributed by atoms with E-state index in [2.05, 4.69) is 0 Å². The summed E-state index contributed by atoms with van der Waals surface area (Å²) >= 11 is 12.1. The summed E-state index contributed by atoms with van der Waals surface area (Å²) in [7, 11) is 4.33. The van der Waals surface area contributed by atoms with E-state index in [1.165, 1.54) is 7.69 Å². The lowest BCUT2D eigenvalue weighted by molar-refractivity contribution is -0.0393. The Labute approximate surface area is 169 Å². The molecule has 2 aromatic rings. The average Bonchev–Trinajstić information content (AvgIpc) is 2.65. The van der Waals surface area contributed by atoms with Crippen molar-refractivity contribution in [1.29, 1.82) is 0 Å². The Bertz CT molecular complexity index is 657. The minimum absolute atomic E-state index is 0.168. The van der Waals surface area contributed by atoms with Crippen LogP contribution >= 0.6 is 23.2 Å². The van der Waals surface area contributed by atoms with E-state index >= 15 is 0 Å². The van der Waals surface area contributed by atoms with Gasteiger partial charge < -0.3 is 28.3 Å². The maximum atomic E-state index is 6.04. The lowest BCUT2D eigenvalue weighted by atomic mass is 10.2. The Balaban J connectivity index is 1.97. The van der Waals surface area contributed by atoms with Crippen molar-refractivity contribution in [3.63, 3.8) is 0 Å². The van der Waals surface area contributed by atoms with Crippen LogP contribution in [-0.2, 0) is 32.2 Å². The molecule has 27 heavy (non-hydrogen) atoms. The van der Waals surface area contributed by atoms with Crippen LogP contribution < -0.4 is 9.31 Å². The number of methoxy groups -OCH3 is 2. The van der Waals surface area contributed by atoms with E-state index in [1.807, 2.05) is 0 Å². The standard InChI is InChI=1S/C18H20BCl2O6/c1-22-11-24-9-13-7-15(20)3-5-17(13)26-19-27-18-6-4-16(21)8-14(18)10-25-12-23-2/h3-8H,9-12H2,1-2H3. The Morgan fingerprint density at radius 3 is 1.59 bits per heavy atom. The lowest BCUT2D eigenvalue weighted by Crippen LogP contribution is -2.14. The van der Waals surface area contributed by atoms with Crippen LogP contribution in [0.1, 0.15) is 11.1 Å². The third-order valence-corrected chi connectivity index (χ3v) is 3.78. The van der Waals surface area contributed by atoms with Crippen LogP contribution in [0.5, 0.6) is 11.5 Å². The molecular weight excluding hydrogens is 394 g/mol. The Morgan fingerprint density at radius 2 is 1.19 bits per heavy atom. The van der Waals surface area contributed by atoms with E-state index < -0.39 is 0 Å². The number of hydrogen-bond acceptors (Lipinski definition) is 6. The minimum Gasteiger partial charge on any atom is -0.526 e. The van der Waals surface area contributed by atoms with Gasteiger partial charge in [-0.15, -0.1) is 0 Å². The van der Waals surface area contributed by atoms with Gasteiger partial charge in [-0.05, 0) is 36.4 Å². The normalized spacial score (nSPS) is 10.7. The van der Waals surface area contributed by atoms with Crippen LogP contribution in [0.2, 0.25) is 10.0 Å². The number of hydrogen-bond donors (Lipinski definition) is 0. The van der Waals surface area contributed by atoms with Gasteiger partial charge >= 0.3 is 7.69 Å². The second kappa shape index (κ2) is 12.1. The number of rotatable bonds is 12. The monoisotopic (exact) mass is 413 g/mol. The molecule has 0 aliphatic rings. The lowest BCUT2D eigenvalue weighted by Gasteiger charge is -2.14. The highest BCUT2D eigenvalue weighted by Gasteiger charge is 2.11. The van der Waals surface area contributed by atoms with E-state index in [9.17, 15) is 0 Å². The average molecular weight is 414 g/mol. The van der Waals surface area contributed by atoms with Gasteiger partial charge in [-0.2, -0.15) is 0 Å². The molecule has 0 amide bonds. The molecule has 0 saturated carbocycles. The van der Waals surface area contributed by atoms with Crippen molar-refractivity contribution in [1.82, 2.24) is 0 Å². The second-order valence-corrected chi connectivity index (χ2v) is 6.22. The fraction of sp³-hybridized carbons (Fsp3) is 0.333. The maximum Gasteiger partial charge on any atom is 0.658 e. The molecule has 0 fully saturated rings. The van der Waals surface area contributed by atoms with Gasteiger partial charge in [0.15, 0.2) is 0 Å². The minimum atomic E-state index is 0.168. The molecule has 0 heterocycles. The van der Waals surface area contributed by atoms with Gasteiger partial charge in [-0.25, -0.2) is 0 Å². The van der Waals surface area contributed by atoms with Gasteiger partial charge in [0, 0.05) is 35.4 Å². The molecule has 0 aliphatic heterocycles. The summed E-state index contributed by atoms with van der Waals surface area (Å²) in [5.74, 6) is 1.11. The zero-order valence-electron chi connectivity index (χ0n) is 15.1. The van der Waals surface area contributed by atoms with Crippen molar-refractivity contribution in [2.45, 2.75) is 13.2 Å². The molecule has 0 spiro atoms. The number of ether oxygens (including phenoxy) is 4. The smallest absolute Gasteiger partial charge is 0.526 e. The van der Waals surface area contributed by atoms with Gasteiger partial charge in [0.1, 0.15) is 25.1 Å². The molecule has 0 unspecified atom stereocenters. The van der Waals surface area contributed by atoms with Crippen LogP contribution in [0.3, 0.4) is 0 Å². The van der Waals surface area contributed by atoms with Crippen molar-refractivity contribution < 1.29 is 28.3 Å². The fourth-order valence-corrected chi connectivity index (χ4v) is 2.54. The summed E-state index contributed by atoms with van der Waals surface area (Å²) in [5.41, 5.74) is 1.53. The summed E-state index contributed by atoms with van der Waals surface area (Å²) in [4.78, 5) is 0. The van der Waals surface area contributed by atoms with Gasteiger partial charge in [0.05, 0.1) is 13.2 Å². The van der Waals surface area contributed by atoms with E-state index in [4.69, 9.17) is 51.5 Å². The predicted molar refractivity (Wildman–Crippen MR) is 103 cm³/mol.